The van der Waals surface area contributed by atoms with Crippen LogP contribution in [0.15, 0.2) is 0 Å². The van der Waals surface area contributed by atoms with Crippen molar-refractivity contribution in [1.29, 1.82) is 0 Å². The van der Waals surface area contributed by atoms with Crippen molar-refractivity contribution in [2.75, 3.05) is 6.54 Å². The van der Waals surface area contributed by atoms with Gasteiger partial charge in [-0.1, -0.05) is 86.5 Å². The molecule has 0 spiro atoms. The first-order valence-electron chi connectivity index (χ1n) is 14.0. The lowest BCUT2D eigenvalue weighted by Crippen LogP contribution is -2.40. The van der Waals surface area contributed by atoms with E-state index < -0.39 is 0 Å². The van der Waals surface area contributed by atoms with Crippen LogP contribution < -0.4 is 0 Å². The highest BCUT2D eigenvalue weighted by Crippen LogP contribution is 2.48. The molecule has 1 rings (SSSR count). The van der Waals surface area contributed by atoms with Crippen LogP contribution in [0.1, 0.15) is 133 Å². The van der Waals surface area contributed by atoms with Crippen LogP contribution in [-0.2, 0) is 0 Å². The van der Waals surface area contributed by atoms with Gasteiger partial charge in [-0.25, -0.2) is 0 Å². The van der Waals surface area contributed by atoms with E-state index in [9.17, 15) is 0 Å². The lowest BCUT2D eigenvalue weighted by atomic mass is 9.86. The van der Waals surface area contributed by atoms with E-state index in [2.05, 4.69) is 67.2 Å². The molecule has 1 aliphatic rings. The Bertz CT molecular complexity index is 417. The summed E-state index contributed by atoms with van der Waals surface area (Å²) in [6, 6.07) is 1.39. The molecule has 0 aromatic carbocycles. The maximum absolute atomic E-state index is 2.82. The number of rotatable bonds is 18. The second-order valence-electron chi connectivity index (χ2n) is 11.6. The van der Waals surface area contributed by atoms with Gasteiger partial charge in [-0.3, -0.25) is 4.90 Å². The first-order valence-corrected chi connectivity index (χ1v) is 14.0. The molecule has 1 heteroatoms. The Morgan fingerprint density at radius 2 is 1.40 bits per heavy atom. The van der Waals surface area contributed by atoms with Crippen molar-refractivity contribution in [2.45, 2.75) is 145 Å². The monoisotopic (exact) mass is 421 g/mol. The topological polar surface area (TPSA) is 3.24 Å². The van der Waals surface area contributed by atoms with Gasteiger partial charge in [0.05, 0.1) is 0 Å². The second-order valence-corrected chi connectivity index (χ2v) is 11.6. The summed E-state index contributed by atoms with van der Waals surface area (Å²) in [5.74, 6) is 5.75. The van der Waals surface area contributed by atoms with Gasteiger partial charge in [0.15, 0.2) is 0 Å². The molecule has 180 valence electrons. The maximum Gasteiger partial charge on any atom is 0.00722 e. The first kappa shape index (κ1) is 28.0. The summed E-state index contributed by atoms with van der Waals surface area (Å²) in [6.07, 6.45) is 15.5. The predicted octanol–water partition coefficient (Wildman–Crippen LogP) is 9.21. The van der Waals surface area contributed by atoms with E-state index in [4.69, 9.17) is 0 Å². The zero-order valence-corrected chi connectivity index (χ0v) is 22.6. The largest absolute Gasteiger partial charge is 0.298 e. The van der Waals surface area contributed by atoms with Crippen molar-refractivity contribution in [1.82, 2.24) is 4.90 Å². The van der Waals surface area contributed by atoms with E-state index in [1.54, 1.807) is 0 Å². The summed E-state index contributed by atoms with van der Waals surface area (Å²) in [7, 11) is 0. The van der Waals surface area contributed by atoms with Crippen molar-refractivity contribution in [3.8, 4) is 0 Å². The van der Waals surface area contributed by atoms with Gasteiger partial charge in [-0.15, -0.1) is 0 Å². The fraction of sp³-hybridized carbons (Fsp3) is 1.00. The van der Waals surface area contributed by atoms with Crippen LogP contribution in [-0.4, -0.2) is 23.5 Å². The summed E-state index contributed by atoms with van der Waals surface area (Å²) in [5, 5.41) is 0. The molecule has 0 saturated heterocycles. The zero-order chi connectivity index (χ0) is 22.7. The molecule has 0 N–H and O–H groups in total. The molecule has 0 amide bonds. The molecule has 1 fully saturated rings. The Kier molecular flexibility index (Phi) is 13.9. The lowest BCUT2D eigenvalue weighted by molar-refractivity contribution is 0.129. The lowest BCUT2D eigenvalue weighted by Gasteiger charge is -2.35. The molecule has 30 heavy (non-hydrogen) atoms. The molecule has 0 aromatic rings. The Labute approximate surface area is 192 Å². The molecule has 0 aliphatic heterocycles. The molecule has 0 heterocycles. The highest BCUT2D eigenvalue weighted by atomic mass is 15.2. The predicted molar refractivity (Wildman–Crippen MR) is 137 cm³/mol. The molecule has 7 atom stereocenters. The van der Waals surface area contributed by atoms with Crippen LogP contribution in [0.2, 0.25) is 0 Å². The third kappa shape index (κ3) is 10.1. The van der Waals surface area contributed by atoms with Crippen molar-refractivity contribution in [3.05, 3.63) is 0 Å². The van der Waals surface area contributed by atoms with E-state index in [1.165, 1.54) is 77.2 Å². The van der Waals surface area contributed by atoms with E-state index in [-0.39, 0.29) is 0 Å². The van der Waals surface area contributed by atoms with Gasteiger partial charge >= 0.3 is 0 Å². The van der Waals surface area contributed by atoms with Crippen molar-refractivity contribution in [2.24, 2.45) is 35.5 Å². The molecule has 1 nitrogen and oxygen atoms in total. The van der Waals surface area contributed by atoms with Gasteiger partial charge < -0.3 is 0 Å². The van der Waals surface area contributed by atoms with E-state index >= 15 is 0 Å². The molecule has 0 radical (unpaired) electrons. The maximum atomic E-state index is 2.82. The summed E-state index contributed by atoms with van der Waals surface area (Å²) < 4.78 is 0. The molecule has 0 bridgehead atoms. The third-order valence-electron chi connectivity index (χ3n) is 8.65. The van der Waals surface area contributed by atoms with E-state index in [1.807, 2.05) is 0 Å². The minimum atomic E-state index is 0.668. The first-order chi connectivity index (χ1) is 14.2. The van der Waals surface area contributed by atoms with Crippen LogP contribution >= 0.6 is 0 Å². The average Bonchev–Trinajstić information content (AvgIpc) is 3.49. The highest BCUT2D eigenvalue weighted by Gasteiger charge is 2.39. The minimum absolute atomic E-state index is 0.668. The van der Waals surface area contributed by atoms with Crippen molar-refractivity contribution >= 4 is 0 Å². The summed E-state index contributed by atoms with van der Waals surface area (Å²) >= 11 is 0. The Hall–Kier alpha value is -0.0400. The quantitative estimate of drug-likeness (QED) is 0.213. The fourth-order valence-corrected chi connectivity index (χ4v) is 6.16. The number of hydrogen-bond acceptors (Lipinski definition) is 1. The number of nitrogens with zero attached hydrogens (tertiary/aromatic N) is 1. The van der Waals surface area contributed by atoms with Crippen molar-refractivity contribution in [3.63, 3.8) is 0 Å². The van der Waals surface area contributed by atoms with Crippen LogP contribution in [0.5, 0.6) is 0 Å². The summed E-state index contributed by atoms with van der Waals surface area (Å²) in [6.45, 7) is 23.2. The van der Waals surface area contributed by atoms with Crippen LogP contribution in [0, 0.1) is 35.5 Å². The molecule has 1 saturated carbocycles. The van der Waals surface area contributed by atoms with E-state index in [0.717, 1.165) is 41.5 Å². The third-order valence-corrected chi connectivity index (χ3v) is 8.65. The molecule has 0 aromatic heterocycles. The van der Waals surface area contributed by atoms with Crippen LogP contribution in [0.3, 0.4) is 0 Å². The van der Waals surface area contributed by atoms with Gasteiger partial charge in [0.1, 0.15) is 0 Å². The SMILES string of the molecule is CCCC(CCC(C)C1CC1CC)CC(C)N(CCCC(C)C(C)CCC)C(C)C. The molecular weight excluding hydrogens is 362 g/mol. The Morgan fingerprint density at radius 1 is 0.767 bits per heavy atom. The normalized spacial score (nSPS) is 24.1. The smallest absolute Gasteiger partial charge is 0.00722 e. The Morgan fingerprint density at radius 3 is 1.93 bits per heavy atom. The summed E-state index contributed by atoms with van der Waals surface area (Å²) in [5.41, 5.74) is 0. The fourth-order valence-electron chi connectivity index (χ4n) is 6.16. The van der Waals surface area contributed by atoms with Gasteiger partial charge in [0.25, 0.3) is 0 Å². The molecule has 7 unspecified atom stereocenters. The van der Waals surface area contributed by atoms with Gasteiger partial charge in [-0.05, 0) is 88.5 Å². The van der Waals surface area contributed by atoms with Crippen molar-refractivity contribution < 1.29 is 0 Å². The van der Waals surface area contributed by atoms with Gasteiger partial charge in [0, 0.05) is 12.1 Å². The summed E-state index contributed by atoms with van der Waals surface area (Å²) in [4.78, 5) is 2.82. The van der Waals surface area contributed by atoms with E-state index in [0.29, 0.717) is 6.04 Å². The minimum Gasteiger partial charge on any atom is -0.298 e. The molecular formula is C29H59N. The second kappa shape index (κ2) is 14.9. The Balaban J connectivity index is 2.47. The van der Waals surface area contributed by atoms with Crippen LogP contribution in [0.25, 0.3) is 0 Å². The zero-order valence-electron chi connectivity index (χ0n) is 22.6. The highest BCUT2D eigenvalue weighted by molar-refractivity contribution is 4.89. The molecule has 1 aliphatic carbocycles. The van der Waals surface area contributed by atoms with Gasteiger partial charge in [-0.2, -0.15) is 0 Å². The van der Waals surface area contributed by atoms with Gasteiger partial charge in [0.2, 0.25) is 0 Å². The average molecular weight is 422 g/mol. The standard InChI is InChI=1S/C29H59N/c1-10-14-23(6)24(7)16-13-19-30(22(4)5)26(9)20-27(15-11-2)18-17-25(8)29-21-28(29)12-3/h22-29H,10-21H2,1-9H3. The number of hydrogen-bond donors (Lipinski definition) is 0. The van der Waals surface area contributed by atoms with Crippen LogP contribution in [0.4, 0.5) is 0 Å².